The molecule has 0 amide bonds. The predicted octanol–water partition coefficient (Wildman–Crippen LogP) is 2.66. The number of aromatic amines is 1. The van der Waals surface area contributed by atoms with Gasteiger partial charge in [-0.1, -0.05) is 13.8 Å². The first kappa shape index (κ1) is 13.2. The SMILES string of the molecule is Cc1sc2nc([C@@H](C)NC(C)C)[nH]c(=O)c2c1C. The summed E-state index contributed by atoms with van der Waals surface area (Å²) in [5.41, 5.74) is 1.01. The quantitative estimate of drug-likeness (QED) is 0.897. The Hall–Kier alpha value is -1.20. The van der Waals surface area contributed by atoms with Crippen LogP contribution in [0.3, 0.4) is 0 Å². The molecular weight excluding hydrogens is 246 g/mol. The Balaban J connectivity index is 2.53. The van der Waals surface area contributed by atoms with Crippen LogP contribution in [0.4, 0.5) is 0 Å². The normalized spacial score (nSPS) is 13.4. The van der Waals surface area contributed by atoms with Crippen LogP contribution in [-0.2, 0) is 0 Å². The number of thiophene rings is 1. The summed E-state index contributed by atoms with van der Waals surface area (Å²) in [6, 6.07) is 0.401. The van der Waals surface area contributed by atoms with E-state index in [1.807, 2.05) is 20.8 Å². The van der Waals surface area contributed by atoms with Crippen molar-refractivity contribution in [1.29, 1.82) is 0 Å². The zero-order valence-electron chi connectivity index (χ0n) is 11.4. The zero-order chi connectivity index (χ0) is 13.4. The Morgan fingerprint density at radius 1 is 1.28 bits per heavy atom. The molecule has 0 unspecified atom stereocenters. The van der Waals surface area contributed by atoms with E-state index in [9.17, 15) is 4.79 Å². The van der Waals surface area contributed by atoms with Crippen molar-refractivity contribution in [2.24, 2.45) is 0 Å². The number of fused-ring (bicyclic) bond motifs is 1. The van der Waals surface area contributed by atoms with E-state index in [1.165, 1.54) is 0 Å². The van der Waals surface area contributed by atoms with Crippen LogP contribution in [0.15, 0.2) is 4.79 Å². The second-order valence-corrected chi connectivity index (χ2v) is 6.16. The molecule has 2 N–H and O–H groups in total. The first-order valence-electron chi connectivity index (χ1n) is 6.16. The van der Waals surface area contributed by atoms with E-state index in [-0.39, 0.29) is 11.6 Å². The van der Waals surface area contributed by atoms with Crippen LogP contribution in [0.25, 0.3) is 10.2 Å². The molecule has 98 valence electrons. The third-order valence-electron chi connectivity index (χ3n) is 3.05. The number of hydrogen-bond donors (Lipinski definition) is 2. The van der Waals surface area contributed by atoms with Crippen molar-refractivity contribution in [3.63, 3.8) is 0 Å². The molecule has 0 saturated carbocycles. The molecule has 5 heteroatoms. The lowest BCUT2D eigenvalue weighted by Gasteiger charge is -2.15. The van der Waals surface area contributed by atoms with Crippen molar-refractivity contribution >= 4 is 21.6 Å². The molecule has 18 heavy (non-hydrogen) atoms. The fourth-order valence-corrected chi connectivity index (χ4v) is 3.09. The maximum atomic E-state index is 12.1. The second-order valence-electron chi connectivity index (χ2n) is 4.96. The lowest BCUT2D eigenvalue weighted by atomic mass is 10.2. The molecular formula is C13H19N3OS. The molecule has 0 spiro atoms. The van der Waals surface area contributed by atoms with E-state index in [4.69, 9.17) is 0 Å². The van der Waals surface area contributed by atoms with Gasteiger partial charge in [0.15, 0.2) is 0 Å². The average molecular weight is 265 g/mol. The molecule has 0 aromatic carbocycles. The summed E-state index contributed by atoms with van der Waals surface area (Å²) in [4.78, 5) is 21.6. The highest BCUT2D eigenvalue weighted by molar-refractivity contribution is 7.18. The first-order valence-corrected chi connectivity index (χ1v) is 6.97. The fraction of sp³-hybridized carbons (Fsp3) is 0.538. The lowest BCUT2D eigenvalue weighted by molar-refractivity contribution is 0.487. The summed E-state index contributed by atoms with van der Waals surface area (Å²) in [6.07, 6.45) is 0. The Bertz CT molecular complexity index is 627. The maximum Gasteiger partial charge on any atom is 0.259 e. The van der Waals surface area contributed by atoms with Gasteiger partial charge in [-0.15, -0.1) is 11.3 Å². The molecule has 0 radical (unpaired) electrons. The molecule has 0 aliphatic carbocycles. The van der Waals surface area contributed by atoms with Crippen LogP contribution >= 0.6 is 11.3 Å². The molecule has 0 aliphatic rings. The van der Waals surface area contributed by atoms with Gasteiger partial charge in [0, 0.05) is 10.9 Å². The Kier molecular flexibility index (Phi) is 3.54. The average Bonchev–Trinajstić information content (AvgIpc) is 2.54. The number of hydrogen-bond acceptors (Lipinski definition) is 4. The van der Waals surface area contributed by atoms with E-state index in [1.54, 1.807) is 11.3 Å². The fourth-order valence-electron chi connectivity index (χ4n) is 2.06. The molecule has 0 aliphatic heterocycles. The number of aryl methyl sites for hydroxylation is 2. The summed E-state index contributed by atoms with van der Waals surface area (Å²) >= 11 is 1.58. The highest BCUT2D eigenvalue weighted by atomic mass is 32.1. The van der Waals surface area contributed by atoms with Crippen LogP contribution in [0.1, 0.15) is 43.1 Å². The first-order chi connectivity index (χ1) is 8.40. The number of aromatic nitrogens is 2. The number of nitrogens with one attached hydrogen (secondary N) is 2. The van der Waals surface area contributed by atoms with Gasteiger partial charge in [-0.3, -0.25) is 4.79 Å². The molecule has 2 heterocycles. The van der Waals surface area contributed by atoms with Crippen molar-refractivity contribution in [3.8, 4) is 0 Å². The highest BCUT2D eigenvalue weighted by Gasteiger charge is 2.15. The van der Waals surface area contributed by atoms with Crippen molar-refractivity contribution in [2.45, 2.75) is 46.7 Å². The topological polar surface area (TPSA) is 57.8 Å². The Labute approximate surface area is 110 Å². The minimum absolute atomic E-state index is 0.0331. The third-order valence-corrected chi connectivity index (χ3v) is 4.15. The number of rotatable bonds is 3. The third kappa shape index (κ3) is 2.33. The smallest absolute Gasteiger partial charge is 0.259 e. The van der Waals surface area contributed by atoms with Gasteiger partial charge in [-0.25, -0.2) is 4.98 Å². The maximum absolute atomic E-state index is 12.1. The van der Waals surface area contributed by atoms with Crippen LogP contribution in [0.2, 0.25) is 0 Å². The summed E-state index contributed by atoms with van der Waals surface area (Å²) in [5.74, 6) is 0.711. The van der Waals surface area contributed by atoms with Crippen molar-refractivity contribution in [1.82, 2.24) is 15.3 Å². The van der Waals surface area contributed by atoms with Gasteiger partial charge in [-0.05, 0) is 26.3 Å². The summed E-state index contributed by atoms with van der Waals surface area (Å²) in [6.45, 7) is 10.2. The van der Waals surface area contributed by atoms with Gasteiger partial charge in [0.05, 0.1) is 11.4 Å². The molecule has 2 aromatic heterocycles. The van der Waals surface area contributed by atoms with Crippen molar-refractivity contribution < 1.29 is 0 Å². The van der Waals surface area contributed by atoms with Gasteiger partial charge in [0.25, 0.3) is 5.56 Å². The Morgan fingerprint density at radius 3 is 2.56 bits per heavy atom. The molecule has 0 bridgehead atoms. The van der Waals surface area contributed by atoms with E-state index in [2.05, 4.69) is 29.1 Å². The number of H-pyrrole nitrogens is 1. The number of nitrogens with zero attached hydrogens (tertiary/aromatic N) is 1. The van der Waals surface area contributed by atoms with Crippen molar-refractivity contribution in [3.05, 3.63) is 26.6 Å². The summed E-state index contributed by atoms with van der Waals surface area (Å²) < 4.78 is 0. The van der Waals surface area contributed by atoms with E-state index in [0.29, 0.717) is 11.9 Å². The van der Waals surface area contributed by atoms with Gasteiger partial charge < -0.3 is 10.3 Å². The van der Waals surface area contributed by atoms with Gasteiger partial charge >= 0.3 is 0 Å². The van der Waals surface area contributed by atoms with Crippen LogP contribution in [-0.4, -0.2) is 16.0 Å². The molecule has 1 atom stereocenters. The van der Waals surface area contributed by atoms with E-state index in [0.717, 1.165) is 20.7 Å². The summed E-state index contributed by atoms with van der Waals surface area (Å²) in [5, 5.41) is 4.08. The minimum atomic E-state index is -0.0331. The van der Waals surface area contributed by atoms with Crippen LogP contribution < -0.4 is 10.9 Å². The second kappa shape index (κ2) is 4.82. The highest BCUT2D eigenvalue weighted by Crippen LogP contribution is 2.26. The minimum Gasteiger partial charge on any atom is -0.309 e. The van der Waals surface area contributed by atoms with Gasteiger partial charge in [-0.2, -0.15) is 0 Å². The zero-order valence-corrected chi connectivity index (χ0v) is 12.2. The van der Waals surface area contributed by atoms with E-state index >= 15 is 0 Å². The monoisotopic (exact) mass is 265 g/mol. The molecule has 0 fully saturated rings. The largest absolute Gasteiger partial charge is 0.309 e. The van der Waals surface area contributed by atoms with Crippen LogP contribution in [0.5, 0.6) is 0 Å². The van der Waals surface area contributed by atoms with Gasteiger partial charge in [0.2, 0.25) is 0 Å². The van der Waals surface area contributed by atoms with Crippen LogP contribution in [0, 0.1) is 13.8 Å². The summed E-state index contributed by atoms with van der Waals surface area (Å²) in [7, 11) is 0. The lowest BCUT2D eigenvalue weighted by Crippen LogP contribution is -2.29. The Morgan fingerprint density at radius 2 is 1.94 bits per heavy atom. The van der Waals surface area contributed by atoms with Crippen molar-refractivity contribution in [2.75, 3.05) is 0 Å². The molecule has 0 saturated heterocycles. The molecule has 4 nitrogen and oxygen atoms in total. The predicted molar refractivity (Wildman–Crippen MR) is 76.4 cm³/mol. The molecule has 2 rings (SSSR count). The standard InChI is InChI=1S/C13H19N3OS/c1-6(2)14-8(4)11-15-12(17)10-7(3)9(5)18-13(10)16-11/h6,8,14H,1-5H3,(H,15,16,17)/t8-/m1/s1. The van der Waals surface area contributed by atoms with E-state index < -0.39 is 0 Å². The van der Waals surface area contributed by atoms with Gasteiger partial charge in [0.1, 0.15) is 10.7 Å². The molecule has 2 aromatic rings.